The number of rotatable bonds is 5. The minimum atomic E-state index is -0.269. The van der Waals surface area contributed by atoms with Crippen LogP contribution in [-0.2, 0) is 6.42 Å². The molecule has 26 heavy (non-hydrogen) atoms. The molecule has 0 saturated heterocycles. The molecule has 4 heteroatoms. The Hall–Kier alpha value is -2.03. The van der Waals surface area contributed by atoms with Crippen molar-refractivity contribution in [1.29, 1.82) is 0 Å². The Bertz CT molecular complexity index is 886. The molecule has 0 aliphatic rings. The van der Waals surface area contributed by atoms with Gasteiger partial charge in [0.2, 0.25) is 0 Å². The average molecular weight is 389 g/mol. The van der Waals surface area contributed by atoms with E-state index in [4.69, 9.17) is 23.2 Å². The molecule has 0 spiro atoms. The summed E-state index contributed by atoms with van der Waals surface area (Å²) in [5.41, 5.74) is 3.66. The Morgan fingerprint density at radius 3 is 2.23 bits per heavy atom. The van der Waals surface area contributed by atoms with Crippen LogP contribution >= 0.6 is 23.2 Å². The summed E-state index contributed by atoms with van der Waals surface area (Å²) in [4.78, 5) is 0. The van der Waals surface area contributed by atoms with Crippen LogP contribution in [0.5, 0.6) is 5.75 Å². The van der Waals surface area contributed by atoms with E-state index in [9.17, 15) is 9.50 Å². The first-order valence-electron chi connectivity index (χ1n) is 8.49. The van der Waals surface area contributed by atoms with Crippen molar-refractivity contribution in [2.24, 2.45) is 0 Å². The molecular weight excluding hydrogens is 370 g/mol. The van der Waals surface area contributed by atoms with Gasteiger partial charge >= 0.3 is 0 Å². The summed E-state index contributed by atoms with van der Waals surface area (Å²) < 4.78 is 13.2. The van der Waals surface area contributed by atoms with Crippen LogP contribution in [0.25, 0.3) is 0 Å². The van der Waals surface area contributed by atoms with Crippen molar-refractivity contribution in [3.05, 3.63) is 98.8 Å². The summed E-state index contributed by atoms with van der Waals surface area (Å²) in [5, 5.41) is 11.6. The second-order valence-corrected chi connectivity index (χ2v) is 7.10. The normalized spacial score (nSPS) is 12.2. The summed E-state index contributed by atoms with van der Waals surface area (Å²) in [6.45, 7) is 2.05. The number of hydrogen-bond acceptors (Lipinski definition) is 1. The maximum absolute atomic E-state index is 13.2. The maximum atomic E-state index is 13.2. The van der Waals surface area contributed by atoms with Gasteiger partial charge in [-0.05, 0) is 53.4 Å². The lowest BCUT2D eigenvalue weighted by atomic mass is 9.87. The van der Waals surface area contributed by atoms with Crippen LogP contribution < -0.4 is 0 Å². The first-order valence-corrected chi connectivity index (χ1v) is 9.25. The van der Waals surface area contributed by atoms with Gasteiger partial charge in [-0.1, -0.05) is 60.5 Å². The van der Waals surface area contributed by atoms with E-state index < -0.39 is 0 Å². The standard InChI is InChI=1S/C22H19Cl2FO/c1-2-17(15-7-9-16(25)10-8-15)18-12-14(6-11-22(18)26)13-19-20(23)4-3-5-21(19)24/h3-12,17,26H,2,13H2,1H3. The van der Waals surface area contributed by atoms with Crippen LogP contribution in [0.15, 0.2) is 60.7 Å². The van der Waals surface area contributed by atoms with Gasteiger partial charge in [0.05, 0.1) is 0 Å². The highest BCUT2D eigenvalue weighted by Gasteiger charge is 2.17. The zero-order valence-corrected chi connectivity index (χ0v) is 15.9. The van der Waals surface area contributed by atoms with Crippen LogP contribution in [0.4, 0.5) is 4.39 Å². The van der Waals surface area contributed by atoms with E-state index in [1.807, 2.05) is 37.3 Å². The van der Waals surface area contributed by atoms with Gasteiger partial charge in [0.25, 0.3) is 0 Å². The second-order valence-electron chi connectivity index (χ2n) is 6.28. The van der Waals surface area contributed by atoms with E-state index >= 15 is 0 Å². The van der Waals surface area contributed by atoms with Gasteiger partial charge in [-0.2, -0.15) is 0 Å². The summed E-state index contributed by atoms with van der Waals surface area (Å²) in [7, 11) is 0. The Kier molecular flexibility index (Phi) is 5.85. The molecule has 1 atom stereocenters. The van der Waals surface area contributed by atoms with Crippen LogP contribution in [0.2, 0.25) is 10.0 Å². The minimum absolute atomic E-state index is 0.0164. The molecule has 0 amide bonds. The summed E-state index contributed by atoms with van der Waals surface area (Å²) >= 11 is 12.6. The van der Waals surface area contributed by atoms with Crippen molar-refractivity contribution in [2.45, 2.75) is 25.7 Å². The van der Waals surface area contributed by atoms with Crippen molar-refractivity contribution in [3.63, 3.8) is 0 Å². The Labute approximate surface area is 163 Å². The molecule has 1 N–H and O–H groups in total. The van der Waals surface area contributed by atoms with E-state index in [-0.39, 0.29) is 17.5 Å². The Morgan fingerprint density at radius 2 is 1.62 bits per heavy atom. The largest absolute Gasteiger partial charge is 0.508 e. The van der Waals surface area contributed by atoms with E-state index in [1.165, 1.54) is 12.1 Å². The number of phenols is 1. The second kappa shape index (κ2) is 8.11. The van der Waals surface area contributed by atoms with Gasteiger partial charge in [0.15, 0.2) is 0 Å². The highest BCUT2D eigenvalue weighted by atomic mass is 35.5. The topological polar surface area (TPSA) is 20.2 Å². The SMILES string of the molecule is CCC(c1ccc(F)cc1)c1cc(Cc2c(Cl)cccc2Cl)ccc1O. The molecule has 3 rings (SSSR count). The first-order chi connectivity index (χ1) is 12.5. The number of benzene rings is 3. The molecule has 0 aromatic heterocycles. The molecule has 3 aromatic rings. The minimum Gasteiger partial charge on any atom is -0.508 e. The lowest BCUT2D eigenvalue weighted by Gasteiger charge is -2.19. The third-order valence-corrected chi connectivity index (χ3v) is 5.30. The van der Waals surface area contributed by atoms with Crippen LogP contribution in [0.1, 0.15) is 41.5 Å². The monoisotopic (exact) mass is 388 g/mol. The van der Waals surface area contributed by atoms with Crippen molar-refractivity contribution in [1.82, 2.24) is 0 Å². The van der Waals surface area contributed by atoms with Gasteiger partial charge in [-0.25, -0.2) is 4.39 Å². The molecular formula is C22H19Cl2FO. The highest BCUT2D eigenvalue weighted by Crippen LogP contribution is 2.36. The predicted molar refractivity (Wildman–Crippen MR) is 106 cm³/mol. The van der Waals surface area contributed by atoms with E-state index in [0.717, 1.165) is 28.7 Å². The zero-order valence-electron chi connectivity index (χ0n) is 14.3. The fourth-order valence-corrected chi connectivity index (χ4v) is 3.76. The number of aromatic hydroxyl groups is 1. The van der Waals surface area contributed by atoms with Crippen LogP contribution in [-0.4, -0.2) is 5.11 Å². The van der Waals surface area contributed by atoms with Crippen LogP contribution in [0, 0.1) is 5.82 Å². The van der Waals surface area contributed by atoms with Crippen molar-refractivity contribution in [2.75, 3.05) is 0 Å². The quantitative estimate of drug-likeness (QED) is 0.500. The molecule has 0 radical (unpaired) electrons. The summed E-state index contributed by atoms with van der Waals surface area (Å²) in [6.07, 6.45) is 1.36. The van der Waals surface area contributed by atoms with E-state index in [1.54, 1.807) is 18.2 Å². The smallest absolute Gasteiger partial charge is 0.123 e. The highest BCUT2D eigenvalue weighted by molar-refractivity contribution is 6.36. The zero-order chi connectivity index (χ0) is 18.7. The van der Waals surface area contributed by atoms with E-state index in [0.29, 0.717) is 16.5 Å². The Balaban J connectivity index is 1.98. The molecule has 134 valence electrons. The molecule has 1 unspecified atom stereocenters. The Morgan fingerprint density at radius 1 is 0.962 bits per heavy atom. The number of hydrogen-bond donors (Lipinski definition) is 1. The molecule has 0 saturated carbocycles. The lowest BCUT2D eigenvalue weighted by molar-refractivity contribution is 0.463. The van der Waals surface area contributed by atoms with Crippen molar-refractivity contribution >= 4 is 23.2 Å². The van der Waals surface area contributed by atoms with Crippen molar-refractivity contribution in [3.8, 4) is 5.75 Å². The molecule has 3 aromatic carbocycles. The third kappa shape index (κ3) is 4.03. The van der Waals surface area contributed by atoms with Crippen LogP contribution in [0.3, 0.4) is 0 Å². The third-order valence-electron chi connectivity index (χ3n) is 4.59. The van der Waals surface area contributed by atoms with Crippen molar-refractivity contribution < 1.29 is 9.50 Å². The van der Waals surface area contributed by atoms with Gasteiger partial charge in [0.1, 0.15) is 11.6 Å². The fourth-order valence-electron chi connectivity index (χ4n) is 3.23. The molecule has 0 aliphatic heterocycles. The number of halogens is 3. The molecule has 0 bridgehead atoms. The van der Waals surface area contributed by atoms with Gasteiger partial charge in [-0.3, -0.25) is 0 Å². The predicted octanol–water partition coefficient (Wildman–Crippen LogP) is 6.97. The van der Waals surface area contributed by atoms with Gasteiger partial charge in [0, 0.05) is 27.9 Å². The molecule has 0 fully saturated rings. The number of phenolic OH excluding ortho intramolecular Hbond substituents is 1. The fraction of sp³-hybridized carbons (Fsp3) is 0.182. The first kappa shape index (κ1) is 18.8. The summed E-state index contributed by atoms with van der Waals surface area (Å²) in [5.74, 6) is -0.0533. The average Bonchev–Trinajstić information content (AvgIpc) is 2.63. The van der Waals surface area contributed by atoms with Gasteiger partial charge in [-0.15, -0.1) is 0 Å². The molecule has 0 aliphatic carbocycles. The maximum Gasteiger partial charge on any atom is 0.123 e. The van der Waals surface area contributed by atoms with Gasteiger partial charge < -0.3 is 5.11 Å². The molecule has 1 nitrogen and oxygen atoms in total. The molecule has 0 heterocycles. The summed E-state index contributed by atoms with van der Waals surface area (Å²) in [6, 6.07) is 17.4. The lowest BCUT2D eigenvalue weighted by Crippen LogP contribution is -2.02. The van der Waals surface area contributed by atoms with E-state index in [2.05, 4.69) is 0 Å².